The van der Waals surface area contributed by atoms with E-state index >= 15 is 0 Å². The molecule has 4 rings (SSSR count). The van der Waals surface area contributed by atoms with E-state index < -0.39 is 11.6 Å². The first-order chi connectivity index (χ1) is 12.5. The highest BCUT2D eigenvalue weighted by Gasteiger charge is 2.47. The van der Waals surface area contributed by atoms with E-state index in [9.17, 15) is 14.4 Å². The van der Waals surface area contributed by atoms with Gasteiger partial charge in [-0.2, -0.15) is 5.26 Å². The molecule has 7 nitrogen and oxygen atoms in total. The molecule has 2 unspecified atom stereocenters. The van der Waals surface area contributed by atoms with Crippen molar-refractivity contribution in [2.45, 2.75) is 43.9 Å². The number of nitriles is 1. The smallest absolute Gasteiger partial charge is 0.257 e. The number of rotatable bonds is 4. The van der Waals surface area contributed by atoms with E-state index in [0.29, 0.717) is 37.5 Å². The Balaban J connectivity index is 1.34. The Morgan fingerprint density at radius 3 is 2.96 bits per heavy atom. The fourth-order valence-electron chi connectivity index (χ4n) is 4.15. The lowest BCUT2D eigenvalue weighted by molar-refractivity contribution is -0.138. The predicted molar refractivity (Wildman–Crippen MR) is 91.1 cm³/mol. The highest BCUT2D eigenvalue weighted by atomic mass is 19.1. The van der Waals surface area contributed by atoms with Gasteiger partial charge in [0.15, 0.2) is 17.2 Å². The average Bonchev–Trinajstić information content (AvgIpc) is 3.24. The first-order valence-electron chi connectivity index (χ1n) is 9.09. The molecule has 1 aliphatic carbocycles. The van der Waals surface area contributed by atoms with Crippen LogP contribution in [0.4, 0.5) is 10.2 Å². The molecular formula is C18H22FN5O2. The zero-order chi connectivity index (χ0) is 18.2. The van der Waals surface area contributed by atoms with Gasteiger partial charge >= 0.3 is 0 Å². The van der Waals surface area contributed by atoms with Crippen LogP contribution in [0.1, 0.15) is 37.8 Å². The topological polar surface area (TPSA) is 91.1 Å². The third-order valence-corrected chi connectivity index (χ3v) is 5.85. The molecule has 3 aliphatic rings. The van der Waals surface area contributed by atoms with Crippen LogP contribution in [0.15, 0.2) is 12.4 Å². The molecule has 0 radical (unpaired) electrons. The van der Waals surface area contributed by atoms with Crippen LogP contribution in [0.2, 0.25) is 0 Å². The summed E-state index contributed by atoms with van der Waals surface area (Å²) in [7, 11) is 0. The van der Waals surface area contributed by atoms with Crippen LogP contribution >= 0.6 is 0 Å². The summed E-state index contributed by atoms with van der Waals surface area (Å²) in [5.74, 6) is 0.118. The summed E-state index contributed by atoms with van der Waals surface area (Å²) in [6.45, 7) is 2.50. The van der Waals surface area contributed by atoms with E-state index in [1.807, 2.05) is 0 Å². The second kappa shape index (κ2) is 6.47. The van der Waals surface area contributed by atoms with Crippen LogP contribution in [0.5, 0.6) is 0 Å². The number of carbonyl (C=O) groups excluding carboxylic acids is 1. The Labute approximate surface area is 151 Å². The standard InChI is InChI=1S/C18H22FN5O2/c19-18(2-1-3-18)16(25)23-10-13-8-17(12-26-13)4-7-24(11-17)15-14(9-20)21-5-6-22-15/h5-6,13H,1-4,7-8,10-12H2,(H,23,25). The fraction of sp³-hybridized carbons (Fsp3) is 0.667. The maximum absolute atomic E-state index is 14.1. The lowest BCUT2D eigenvalue weighted by Gasteiger charge is -2.32. The minimum absolute atomic E-state index is 0.0104. The van der Waals surface area contributed by atoms with Gasteiger partial charge < -0.3 is 15.0 Å². The Bertz CT molecular complexity index is 747. The molecule has 2 saturated heterocycles. The lowest BCUT2D eigenvalue weighted by Crippen LogP contribution is -2.49. The van der Waals surface area contributed by atoms with E-state index in [2.05, 4.69) is 26.3 Å². The van der Waals surface area contributed by atoms with Crippen molar-refractivity contribution in [3.8, 4) is 6.07 Å². The number of halogens is 1. The van der Waals surface area contributed by atoms with Crippen LogP contribution in [0.25, 0.3) is 0 Å². The van der Waals surface area contributed by atoms with Crippen LogP contribution < -0.4 is 10.2 Å². The molecule has 1 saturated carbocycles. The molecule has 3 heterocycles. The Hall–Kier alpha value is -2.27. The van der Waals surface area contributed by atoms with Gasteiger partial charge in [0, 0.05) is 37.4 Å². The van der Waals surface area contributed by atoms with Crippen LogP contribution in [0, 0.1) is 16.7 Å². The van der Waals surface area contributed by atoms with E-state index in [1.54, 1.807) is 6.20 Å². The highest BCUT2D eigenvalue weighted by Crippen LogP contribution is 2.42. The number of ether oxygens (including phenoxy) is 1. The van der Waals surface area contributed by atoms with Crippen LogP contribution in [-0.4, -0.2) is 53.9 Å². The molecule has 1 aromatic rings. The molecule has 1 aromatic heterocycles. The first-order valence-corrected chi connectivity index (χ1v) is 9.09. The normalized spacial score (nSPS) is 29.4. The maximum Gasteiger partial charge on any atom is 0.257 e. The number of amides is 1. The van der Waals surface area contributed by atoms with Gasteiger partial charge in [0.25, 0.3) is 5.91 Å². The van der Waals surface area contributed by atoms with Crippen molar-refractivity contribution in [3.63, 3.8) is 0 Å². The Morgan fingerprint density at radius 1 is 1.42 bits per heavy atom. The van der Waals surface area contributed by atoms with Crippen LogP contribution in [-0.2, 0) is 9.53 Å². The molecule has 138 valence electrons. The second-order valence-electron chi connectivity index (χ2n) is 7.68. The monoisotopic (exact) mass is 359 g/mol. The van der Waals surface area contributed by atoms with Crippen molar-refractivity contribution < 1.29 is 13.9 Å². The predicted octanol–water partition coefficient (Wildman–Crippen LogP) is 1.34. The Morgan fingerprint density at radius 2 is 2.23 bits per heavy atom. The lowest BCUT2D eigenvalue weighted by atomic mass is 9.81. The molecule has 0 bridgehead atoms. The van der Waals surface area contributed by atoms with Crippen molar-refractivity contribution in [1.29, 1.82) is 5.26 Å². The number of hydrogen-bond donors (Lipinski definition) is 1. The molecule has 3 fully saturated rings. The first kappa shape index (κ1) is 17.2. The number of nitrogens with zero attached hydrogens (tertiary/aromatic N) is 4. The molecule has 1 N–H and O–H groups in total. The summed E-state index contributed by atoms with van der Waals surface area (Å²) in [5, 5.41) is 11.9. The molecule has 1 spiro atoms. The van der Waals surface area contributed by atoms with Crippen molar-refractivity contribution in [2.75, 3.05) is 31.1 Å². The average molecular weight is 359 g/mol. The zero-order valence-corrected chi connectivity index (χ0v) is 14.6. The number of aromatic nitrogens is 2. The van der Waals surface area contributed by atoms with Crippen molar-refractivity contribution in [3.05, 3.63) is 18.1 Å². The molecule has 2 aliphatic heterocycles. The van der Waals surface area contributed by atoms with E-state index in [-0.39, 0.29) is 11.5 Å². The summed E-state index contributed by atoms with van der Waals surface area (Å²) >= 11 is 0. The largest absolute Gasteiger partial charge is 0.376 e. The van der Waals surface area contributed by atoms with E-state index in [1.165, 1.54) is 6.20 Å². The van der Waals surface area contributed by atoms with Gasteiger partial charge in [-0.15, -0.1) is 0 Å². The molecule has 2 atom stereocenters. The number of carbonyl (C=O) groups is 1. The minimum atomic E-state index is -1.67. The number of nitrogens with one attached hydrogen (secondary N) is 1. The fourth-order valence-corrected chi connectivity index (χ4v) is 4.15. The van der Waals surface area contributed by atoms with E-state index in [0.717, 1.165) is 32.4 Å². The van der Waals surface area contributed by atoms with Gasteiger partial charge in [0.05, 0.1) is 12.7 Å². The number of anilines is 1. The van der Waals surface area contributed by atoms with Gasteiger partial charge in [-0.1, -0.05) is 0 Å². The summed E-state index contributed by atoms with van der Waals surface area (Å²) < 4.78 is 20.0. The SMILES string of the molecule is N#Cc1nccnc1N1CCC2(COC(CNC(=O)C3(F)CCC3)C2)C1. The van der Waals surface area contributed by atoms with Gasteiger partial charge in [0.2, 0.25) is 0 Å². The van der Waals surface area contributed by atoms with E-state index in [4.69, 9.17) is 4.74 Å². The number of alkyl halides is 1. The second-order valence-corrected chi connectivity index (χ2v) is 7.68. The van der Waals surface area contributed by atoms with Crippen LogP contribution in [0.3, 0.4) is 0 Å². The summed E-state index contributed by atoms with van der Waals surface area (Å²) in [6, 6.07) is 2.09. The van der Waals surface area contributed by atoms with Crippen molar-refractivity contribution >= 4 is 11.7 Å². The minimum Gasteiger partial charge on any atom is -0.376 e. The van der Waals surface area contributed by atoms with Crippen molar-refractivity contribution in [1.82, 2.24) is 15.3 Å². The maximum atomic E-state index is 14.1. The molecule has 8 heteroatoms. The van der Waals surface area contributed by atoms with Gasteiger partial charge in [-0.3, -0.25) is 4.79 Å². The van der Waals surface area contributed by atoms with Gasteiger partial charge in [-0.25, -0.2) is 14.4 Å². The van der Waals surface area contributed by atoms with Crippen molar-refractivity contribution in [2.24, 2.45) is 5.41 Å². The molecule has 0 aromatic carbocycles. The Kier molecular flexibility index (Phi) is 4.27. The number of hydrogen-bond acceptors (Lipinski definition) is 6. The molecular weight excluding hydrogens is 337 g/mol. The zero-order valence-electron chi connectivity index (χ0n) is 14.6. The van der Waals surface area contributed by atoms with Gasteiger partial charge in [-0.05, 0) is 32.1 Å². The summed E-state index contributed by atoms with van der Waals surface area (Å²) in [4.78, 5) is 22.4. The highest BCUT2D eigenvalue weighted by molar-refractivity contribution is 5.85. The summed E-state index contributed by atoms with van der Waals surface area (Å²) in [6.07, 6.45) is 6.18. The van der Waals surface area contributed by atoms with Gasteiger partial charge in [0.1, 0.15) is 6.07 Å². The summed E-state index contributed by atoms with van der Waals surface area (Å²) in [5.41, 5.74) is -1.34. The third kappa shape index (κ3) is 3.01. The third-order valence-electron chi connectivity index (χ3n) is 5.85. The molecule has 1 amide bonds. The molecule has 26 heavy (non-hydrogen) atoms. The quantitative estimate of drug-likeness (QED) is 0.872.